The van der Waals surface area contributed by atoms with E-state index in [1.54, 1.807) is 25.3 Å². The summed E-state index contributed by atoms with van der Waals surface area (Å²) in [5, 5.41) is 2.96. The Morgan fingerprint density at radius 3 is 2.44 bits per heavy atom. The molecule has 4 nitrogen and oxygen atoms in total. The van der Waals surface area contributed by atoms with Gasteiger partial charge in [-0.2, -0.15) is 0 Å². The molecule has 0 heterocycles. The summed E-state index contributed by atoms with van der Waals surface area (Å²) >= 11 is 0. The molecule has 0 aliphatic heterocycles. The number of ether oxygens (including phenoxy) is 1. The summed E-state index contributed by atoms with van der Waals surface area (Å²) in [5.41, 5.74) is 6.78. The lowest BCUT2D eigenvalue weighted by Gasteiger charge is -2.28. The molecule has 0 fully saturated rings. The third-order valence-electron chi connectivity index (χ3n) is 3.07. The summed E-state index contributed by atoms with van der Waals surface area (Å²) in [6.07, 6.45) is 0. The van der Waals surface area contributed by atoms with Crippen LogP contribution in [0, 0.1) is 5.41 Å². The first-order valence-electron chi connectivity index (χ1n) is 5.99. The molecule has 18 heavy (non-hydrogen) atoms. The van der Waals surface area contributed by atoms with Gasteiger partial charge in [-0.25, -0.2) is 0 Å². The predicted molar refractivity (Wildman–Crippen MR) is 73.8 cm³/mol. The number of rotatable bonds is 3. The Labute approximate surface area is 109 Å². The molecule has 0 saturated carbocycles. The number of methoxy groups -OCH3 is 1. The number of carbonyl (C=O) groups excluding carboxylic acids is 1. The van der Waals surface area contributed by atoms with Crippen LogP contribution in [0.15, 0.2) is 18.2 Å². The van der Waals surface area contributed by atoms with Crippen molar-refractivity contribution in [1.82, 2.24) is 5.32 Å². The van der Waals surface area contributed by atoms with Gasteiger partial charge in [0.25, 0.3) is 5.91 Å². The minimum Gasteiger partial charge on any atom is -0.497 e. The summed E-state index contributed by atoms with van der Waals surface area (Å²) in [4.78, 5) is 12.1. The molecular weight excluding hydrogens is 228 g/mol. The van der Waals surface area contributed by atoms with E-state index in [0.29, 0.717) is 17.0 Å². The Bertz CT molecular complexity index is 436. The van der Waals surface area contributed by atoms with Crippen molar-refractivity contribution < 1.29 is 9.53 Å². The zero-order valence-electron chi connectivity index (χ0n) is 11.7. The summed E-state index contributed by atoms with van der Waals surface area (Å²) in [6.45, 7) is 8.23. The maximum Gasteiger partial charge on any atom is 0.251 e. The number of nitrogen functional groups attached to an aromatic ring is 1. The second-order valence-electron chi connectivity index (χ2n) is 5.56. The Morgan fingerprint density at radius 1 is 1.33 bits per heavy atom. The van der Waals surface area contributed by atoms with Crippen molar-refractivity contribution in [3.05, 3.63) is 23.8 Å². The van der Waals surface area contributed by atoms with Gasteiger partial charge >= 0.3 is 0 Å². The zero-order valence-corrected chi connectivity index (χ0v) is 11.7. The number of hydrogen-bond acceptors (Lipinski definition) is 3. The van der Waals surface area contributed by atoms with Crippen LogP contribution >= 0.6 is 0 Å². The third-order valence-corrected chi connectivity index (χ3v) is 3.07. The topological polar surface area (TPSA) is 64.3 Å². The molecule has 0 spiro atoms. The summed E-state index contributed by atoms with van der Waals surface area (Å²) in [6, 6.07) is 5.08. The predicted octanol–water partition coefficient (Wildman–Crippen LogP) is 2.44. The van der Waals surface area contributed by atoms with Crippen molar-refractivity contribution in [2.24, 2.45) is 5.41 Å². The van der Waals surface area contributed by atoms with Crippen LogP contribution in [0.25, 0.3) is 0 Å². The average molecular weight is 250 g/mol. The van der Waals surface area contributed by atoms with Gasteiger partial charge in [-0.05, 0) is 24.5 Å². The maximum absolute atomic E-state index is 12.1. The van der Waals surface area contributed by atoms with Gasteiger partial charge in [0, 0.05) is 23.4 Å². The first kappa shape index (κ1) is 14.4. The van der Waals surface area contributed by atoms with Crippen molar-refractivity contribution in [2.75, 3.05) is 12.8 Å². The smallest absolute Gasteiger partial charge is 0.251 e. The van der Waals surface area contributed by atoms with Crippen molar-refractivity contribution in [3.63, 3.8) is 0 Å². The Hall–Kier alpha value is -1.71. The molecule has 0 radical (unpaired) electrons. The molecule has 100 valence electrons. The van der Waals surface area contributed by atoms with E-state index in [1.807, 2.05) is 6.92 Å². The van der Waals surface area contributed by atoms with E-state index in [9.17, 15) is 4.79 Å². The minimum absolute atomic E-state index is 0.0140. The van der Waals surface area contributed by atoms with Crippen molar-refractivity contribution in [3.8, 4) is 5.75 Å². The molecule has 1 unspecified atom stereocenters. The van der Waals surface area contributed by atoms with Crippen molar-refractivity contribution in [1.29, 1.82) is 0 Å². The van der Waals surface area contributed by atoms with Gasteiger partial charge in [0.2, 0.25) is 0 Å². The molecule has 3 N–H and O–H groups in total. The number of amides is 1. The highest BCUT2D eigenvalue weighted by atomic mass is 16.5. The summed E-state index contributed by atoms with van der Waals surface area (Å²) < 4.78 is 5.10. The van der Waals surface area contributed by atoms with Gasteiger partial charge in [0.1, 0.15) is 5.75 Å². The molecule has 0 aliphatic carbocycles. The van der Waals surface area contributed by atoms with Gasteiger partial charge in [-0.1, -0.05) is 20.8 Å². The van der Waals surface area contributed by atoms with Gasteiger partial charge in [0.05, 0.1) is 7.11 Å². The molecule has 1 atom stereocenters. The Morgan fingerprint density at radius 2 is 1.94 bits per heavy atom. The molecule has 1 amide bonds. The largest absolute Gasteiger partial charge is 0.497 e. The molecule has 1 rings (SSSR count). The van der Waals surface area contributed by atoms with Crippen LogP contribution in [0.5, 0.6) is 5.75 Å². The fraction of sp³-hybridized carbons (Fsp3) is 0.500. The summed E-state index contributed by atoms with van der Waals surface area (Å²) in [5.74, 6) is 0.451. The minimum atomic E-state index is -0.136. The highest BCUT2D eigenvalue weighted by Crippen LogP contribution is 2.21. The molecule has 0 aromatic heterocycles. The van der Waals surface area contributed by atoms with E-state index in [2.05, 4.69) is 26.1 Å². The van der Waals surface area contributed by atoms with Crippen molar-refractivity contribution in [2.45, 2.75) is 33.7 Å². The molecule has 0 saturated heterocycles. The first-order chi connectivity index (χ1) is 8.24. The standard InChI is InChI=1S/C14H22N2O2/c1-9(14(2,3)4)16-13(17)10-6-11(15)8-12(7-10)18-5/h6-9H,15H2,1-5H3,(H,16,17). The van der Waals surface area contributed by atoms with Crippen LogP contribution in [0.2, 0.25) is 0 Å². The molecule has 4 heteroatoms. The third kappa shape index (κ3) is 3.65. The summed E-state index contributed by atoms with van der Waals surface area (Å²) in [7, 11) is 1.55. The Balaban J connectivity index is 2.88. The van der Waals surface area contributed by atoms with Crippen molar-refractivity contribution >= 4 is 11.6 Å². The van der Waals surface area contributed by atoms with E-state index < -0.39 is 0 Å². The normalized spacial score (nSPS) is 12.9. The van der Waals surface area contributed by atoms with E-state index in [-0.39, 0.29) is 17.4 Å². The lowest BCUT2D eigenvalue weighted by Crippen LogP contribution is -2.41. The SMILES string of the molecule is COc1cc(N)cc(C(=O)NC(C)C(C)(C)C)c1. The van der Waals surface area contributed by atoms with E-state index in [0.717, 1.165) is 0 Å². The molecule has 0 bridgehead atoms. The maximum atomic E-state index is 12.1. The fourth-order valence-electron chi connectivity index (χ4n) is 1.37. The first-order valence-corrected chi connectivity index (χ1v) is 5.99. The second-order valence-corrected chi connectivity index (χ2v) is 5.56. The van der Waals surface area contributed by atoms with E-state index in [4.69, 9.17) is 10.5 Å². The zero-order chi connectivity index (χ0) is 13.9. The Kier molecular flexibility index (Phi) is 4.22. The quantitative estimate of drug-likeness (QED) is 0.810. The van der Waals surface area contributed by atoms with Crippen LogP contribution in [0.3, 0.4) is 0 Å². The van der Waals surface area contributed by atoms with Crippen LogP contribution in [0.4, 0.5) is 5.69 Å². The van der Waals surface area contributed by atoms with Crippen LogP contribution in [0.1, 0.15) is 38.1 Å². The van der Waals surface area contributed by atoms with E-state index in [1.165, 1.54) is 0 Å². The molecule has 0 aliphatic rings. The number of nitrogens with two attached hydrogens (primary N) is 1. The highest BCUT2D eigenvalue weighted by molar-refractivity contribution is 5.95. The van der Waals surface area contributed by atoms with Gasteiger partial charge in [-0.3, -0.25) is 4.79 Å². The van der Waals surface area contributed by atoms with Crippen LogP contribution in [-0.2, 0) is 0 Å². The van der Waals surface area contributed by atoms with Gasteiger partial charge in [-0.15, -0.1) is 0 Å². The molecule has 1 aromatic carbocycles. The molecule has 1 aromatic rings. The van der Waals surface area contributed by atoms with Gasteiger partial charge in [0.15, 0.2) is 0 Å². The lowest BCUT2D eigenvalue weighted by atomic mass is 9.88. The van der Waals surface area contributed by atoms with Crippen LogP contribution in [-0.4, -0.2) is 19.1 Å². The fourth-order valence-corrected chi connectivity index (χ4v) is 1.37. The van der Waals surface area contributed by atoms with Gasteiger partial charge < -0.3 is 15.8 Å². The average Bonchev–Trinajstić information content (AvgIpc) is 2.26. The number of nitrogens with one attached hydrogen (secondary N) is 1. The lowest BCUT2D eigenvalue weighted by molar-refractivity contribution is 0.0910. The number of anilines is 1. The number of benzene rings is 1. The second kappa shape index (κ2) is 5.29. The van der Waals surface area contributed by atoms with Crippen LogP contribution < -0.4 is 15.8 Å². The highest BCUT2D eigenvalue weighted by Gasteiger charge is 2.22. The van der Waals surface area contributed by atoms with E-state index >= 15 is 0 Å². The monoisotopic (exact) mass is 250 g/mol. The number of carbonyl (C=O) groups is 1. The molecular formula is C14H22N2O2. The number of hydrogen-bond donors (Lipinski definition) is 2.